The Morgan fingerprint density at radius 1 is 1.23 bits per heavy atom. The van der Waals surface area contributed by atoms with Crippen molar-refractivity contribution in [3.8, 4) is 5.75 Å². The molecule has 1 saturated heterocycles. The van der Waals surface area contributed by atoms with Gasteiger partial charge < -0.3 is 14.7 Å². The highest BCUT2D eigenvalue weighted by Crippen LogP contribution is 2.37. The van der Waals surface area contributed by atoms with Crippen LogP contribution in [0, 0.1) is 0 Å². The molecule has 0 bridgehead atoms. The van der Waals surface area contributed by atoms with Gasteiger partial charge in [0, 0.05) is 25.5 Å². The van der Waals surface area contributed by atoms with E-state index >= 15 is 0 Å². The number of hydrogen-bond acceptors (Lipinski definition) is 4. The maximum Gasteiger partial charge on any atom is 0.230 e. The predicted molar refractivity (Wildman–Crippen MR) is 97.8 cm³/mol. The van der Waals surface area contributed by atoms with E-state index in [-0.39, 0.29) is 17.9 Å². The van der Waals surface area contributed by atoms with Crippen molar-refractivity contribution >= 4 is 5.91 Å². The number of pyridine rings is 1. The Balaban J connectivity index is 1.39. The Morgan fingerprint density at radius 3 is 2.92 bits per heavy atom. The zero-order chi connectivity index (χ0) is 17.9. The van der Waals surface area contributed by atoms with Gasteiger partial charge in [-0.2, -0.15) is 0 Å². The van der Waals surface area contributed by atoms with Gasteiger partial charge in [-0.1, -0.05) is 12.1 Å². The first-order chi connectivity index (χ1) is 12.7. The van der Waals surface area contributed by atoms with Gasteiger partial charge in [-0.15, -0.1) is 0 Å². The second-order valence-electron chi connectivity index (χ2n) is 7.15. The minimum Gasteiger partial charge on any atom is -0.508 e. The monoisotopic (exact) mass is 352 g/mol. The lowest BCUT2D eigenvalue weighted by Crippen LogP contribution is -2.35. The molecule has 1 aromatic heterocycles. The van der Waals surface area contributed by atoms with Gasteiger partial charge in [0.05, 0.1) is 18.6 Å². The Labute approximate surface area is 153 Å². The summed E-state index contributed by atoms with van der Waals surface area (Å²) in [5.41, 5.74) is 3.05. The van der Waals surface area contributed by atoms with Crippen LogP contribution in [-0.2, 0) is 22.6 Å². The number of likely N-dealkylation sites (tertiary alicyclic amines) is 1. The number of fused-ring (bicyclic) bond motifs is 1. The molecule has 2 unspecified atom stereocenters. The summed E-state index contributed by atoms with van der Waals surface area (Å²) in [7, 11) is 0. The van der Waals surface area contributed by atoms with Crippen LogP contribution >= 0.6 is 0 Å². The molecule has 26 heavy (non-hydrogen) atoms. The fourth-order valence-electron chi connectivity index (χ4n) is 4.06. The van der Waals surface area contributed by atoms with Crippen molar-refractivity contribution in [2.75, 3.05) is 13.1 Å². The predicted octanol–water partition coefficient (Wildman–Crippen LogP) is 3.02. The molecular formula is C21H24N2O3. The van der Waals surface area contributed by atoms with Crippen LogP contribution in [0.1, 0.15) is 41.9 Å². The molecule has 2 aromatic rings. The quantitative estimate of drug-likeness (QED) is 0.919. The molecule has 5 heteroatoms. The Kier molecular flexibility index (Phi) is 4.89. The molecule has 1 aliphatic heterocycles. The first-order valence-electron chi connectivity index (χ1n) is 9.32. The fraction of sp³-hybridized carbons (Fsp3) is 0.429. The summed E-state index contributed by atoms with van der Waals surface area (Å²) < 4.78 is 5.98. The molecular weight excluding hydrogens is 328 g/mol. The highest BCUT2D eigenvalue weighted by atomic mass is 16.5. The van der Waals surface area contributed by atoms with Crippen LogP contribution in [0.25, 0.3) is 0 Å². The normalized spacial score (nSPS) is 22.2. The second-order valence-corrected chi connectivity index (χ2v) is 7.15. The zero-order valence-electron chi connectivity index (χ0n) is 14.8. The average Bonchev–Trinajstić information content (AvgIpc) is 3.16. The standard InChI is InChI=1S/C21H24N2O3/c24-20-6-2-3-17-18(20)4-1-5-19(17)21(25)23-12-9-16(13-23)26-14-15-7-10-22-11-8-15/h2-3,6-8,10-11,16,19,24H,1,4-5,9,12-14H2. The van der Waals surface area contributed by atoms with E-state index in [9.17, 15) is 9.90 Å². The number of nitrogens with zero attached hydrogens (tertiary/aromatic N) is 2. The van der Waals surface area contributed by atoms with Crippen LogP contribution in [0.15, 0.2) is 42.7 Å². The number of ether oxygens (including phenoxy) is 1. The smallest absolute Gasteiger partial charge is 0.230 e. The number of carbonyl (C=O) groups is 1. The van der Waals surface area contributed by atoms with E-state index in [1.165, 1.54) is 0 Å². The van der Waals surface area contributed by atoms with Gasteiger partial charge in [0.1, 0.15) is 5.75 Å². The molecule has 5 nitrogen and oxygen atoms in total. The van der Waals surface area contributed by atoms with E-state index in [0.29, 0.717) is 18.9 Å². The summed E-state index contributed by atoms with van der Waals surface area (Å²) >= 11 is 0. The lowest BCUT2D eigenvalue weighted by Gasteiger charge is -2.29. The molecule has 2 atom stereocenters. The Hall–Kier alpha value is -2.40. The molecule has 4 rings (SSSR count). The van der Waals surface area contributed by atoms with Crippen LogP contribution < -0.4 is 0 Å². The van der Waals surface area contributed by atoms with Gasteiger partial charge in [0.2, 0.25) is 5.91 Å². The van der Waals surface area contributed by atoms with Crippen molar-refractivity contribution in [2.45, 2.75) is 44.3 Å². The number of benzene rings is 1. The molecule has 1 N–H and O–H groups in total. The summed E-state index contributed by atoms with van der Waals surface area (Å²) in [5, 5.41) is 10.1. The number of aromatic nitrogens is 1. The van der Waals surface area contributed by atoms with Gasteiger partial charge in [-0.05, 0) is 60.6 Å². The molecule has 1 fully saturated rings. The molecule has 1 aliphatic carbocycles. The molecule has 1 aromatic carbocycles. The summed E-state index contributed by atoms with van der Waals surface area (Å²) in [4.78, 5) is 19.0. The minimum atomic E-state index is -0.134. The van der Waals surface area contributed by atoms with Gasteiger partial charge in [0.25, 0.3) is 0 Å². The van der Waals surface area contributed by atoms with Crippen LogP contribution in [0.2, 0.25) is 0 Å². The maximum absolute atomic E-state index is 13.1. The van der Waals surface area contributed by atoms with Crippen molar-refractivity contribution in [1.82, 2.24) is 9.88 Å². The molecule has 1 amide bonds. The second kappa shape index (κ2) is 7.46. The number of rotatable bonds is 4. The number of phenols is 1. The Bertz CT molecular complexity index is 778. The van der Waals surface area contributed by atoms with E-state index < -0.39 is 0 Å². The molecule has 136 valence electrons. The summed E-state index contributed by atoms with van der Waals surface area (Å²) in [6.45, 7) is 1.94. The lowest BCUT2D eigenvalue weighted by atomic mass is 9.81. The summed E-state index contributed by atoms with van der Waals surface area (Å²) in [6, 6.07) is 9.44. The average molecular weight is 352 g/mol. The molecule has 0 spiro atoms. The van der Waals surface area contributed by atoms with Gasteiger partial charge in [-0.25, -0.2) is 0 Å². The van der Waals surface area contributed by atoms with Crippen molar-refractivity contribution in [2.24, 2.45) is 0 Å². The number of hydrogen-bond donors (Lipinski definition) is 1. The highest BCUT2D eigenvalue weighted by Gasteiger charge is 2.34. The number of carbonyl (C=O) groups excluding carboxylic acids is 1. The first-order valence-corrected chi connectivity index (χ1v) is 9.32. The molecule has 0 saturated carbocycles. The SMILES string of the molecule is O=C(C1CCCc2c(O)cccc21)N1CCC(OCc2ccncc2)C1. The van der Waals surface area contributed by atoms with E-state index in [0.717, 1.165) is 48.9 Å². The minimum absolute atomic E-state index is 0.0827. The summed E-state index contributed by atoms with van der Waals surface area (Å²) in [6.07, 6.45) is 7.13. The third kappa shape index (κ3) is 3.44. The lowest BCUT2D eigenvalue weighted by molar-refractivity contribution is -0.132. The number of amides is 1. The van der Waals surface area contributed by atoms with E-state index in [1.54, 1.807) is 18.5 Å². The summed E-state index contributed by atoms with van der Waals surface area (Å²) in [5.74, 6) is 0.358. The molecule has 2 heterocycles. The highest BCUT2D eigenvalue weighted by molar-refractivity contribution is 5.85. The van der Waals surface area contributed by atoms with Crippen molar-refractivity contribution in [3.63, 3.8) is 0 Å². The maximum atomic E-state index is 13.1. The van der Waals surface area contributed by atoms with Crippen LogP contribution in [-0.4, -0.2) is 40.1 Å². The van der Waals surface area contributed by atoms with E-state index in [1.807, 2.05) is 29.2 Å². The van der Waals surface area contributed by atoms with Crippen molar-refractivity contribution < 1.29 is 14.6 Å². The number of phenolic OH excluding ortho intramolecular Hbond substituents is 1. The van der Waals surface area contributed by atoms with Gasteiger partial charge >= 0.3 is 0 Å². The van der Waals surface area contributed by atoms with Gasteiger partial charge in [0.15, 0.2) is 0 Å². The first kappa shape index (κ1) is 17.0. The van der Waals surface area contributed by atoms with Crippen molar-refractivity contribution in [3.05, 3.63) is 59.4 Å². The molecule has 2 aliphatic rings. The largest absolute Gasteiger partial charge is 0.508 e. The number of aromatic hydroxyl groups is 1. The van der Waals surface area contributed by atoms with Gasteiger partial charge in [-0.3, -0.25) is 9.78 Å². The third-order valence-corrected chi connectivity index (χ3v) is 5.47. The van der Waals surface area contributed by atoms with E-state index in [2.05, 4.69) is 4.98 Å². The topological polar surface area (TPSA) is 62.7 Å². The Morgan fingerprint density at radius 2 is 2.08 bits per heavy atom. The van der Waals surface area contributed by atoms with Crippen LogP contribution in [0.4, 0.5) is 0 Å². The zero-order valence-corrected chi connectivity index (χ0v) is 14.8. The third-order valence-electron chi connectivity index (χ3n) is 5.47. The van der Waals surface area contributed by atoms with Crippen LogP contribution in [0.5, 0.6) is 5.75 Å². The molecule has 0 radical (unpaired) electrons. The van der Waals surface area contributed by atoms with Crippen molar-refractivity contribution in [1.29, 1.82) is 0 Å². The van der Waals surface area contributed by atoms with Crippen LogP contribution in [0.3, 0.4) is 0 Å². The fourth-order valence-corrected chi connectivity index (χ4v) is 4.06. The van der Waals surface area contributed by atoms with E-state index in [4.69, 9.17) is 4.74 Å².